The molecule has 0 aliphatic rings. The Morgan fingerprint density at radius 1 is 1.38 bits per heavy atom. The van der Waals surface area contributed by atoms with E-state index >= 15 is 0 Å². The molecular weight excluding hydrogens is 216 g/mol. The molecule has 0 aliphatic carbocycles. The minimum Gasteiger partial charge on any atom is -0.505 e. The second-order valence-corrected chi connectivity index (χ2v) is 4.42. The van der Waals surface area contributed by atoms with E-state index in [9.17, 15) is 13.9 Å². The zero-order valence-corrected chi connectivity index (χ0v) is 9.17. The first-order valence-corrected chi connectivity index (χ1v) is 4.84. The molecule has 0 radical (unpaired) electrons. The van der Waals surface area contributed by atoms with Crippen LogP contribution in [0.2, 0.25) is 0 Å². The van der Waals surface area contributed by atoms with Crippen molar-refractivity contribution in [2.75, 3.05) is 6.61 Å². The molecule has 0 unspecified atom stereocenters. The molecule has 0 aliphatic heterocycles. The van der Waals surface area contributed by atoms with Crippen LogP contribution in [0.5, 0.6) is 5.75 Å². The van der Waals surface area contributed by atoms with E-state index < -0.39 is 28.8 Å². The Morgan fingerprint density at radius 2 is 1.94 bits per heavy atom. The highest BCUT2D eigenvalue weighted by Gasteiger charge is 2.30. The van der Waals surface area contributed by atoms with Crippen molar-refractivity contribution < 1.29 is 19.0 Å². The SMILES string of the molecule is CC(C)(CO)[C@H](N)c1ccc(F)c(F)c1O. The Balaban J connectivity index is 3.20. The van der Waals surface area contributed by atoms with Gasteiger partial charge in [-0.05, 0) is 6.07 Å². The molecule has 0 saturated carbocycles. The first-order valence-electron chi connectivity index (χ1n) is 4.84. The number of halogens is 2. The molecular formula is C11H15F2NO2. The van der Waals surface area contributed by atoms with Gasteiger partial charge in [0.2, 0.25) is 5.82 Å². The topological polar surface area (TPSA) is 66.5 Å². The van der Waals surface area contributed by atoms with Crippen molar-refractivity contribution in [3.63, 3.8) is 0 Å². The number of aliphatic hydroxyl groups excluding tert-OH is 1. The molecule has 4 N–H and O–H groups in total. The second-order valence-electron chi connectivity index (χ2n) is 4.42. The van der Waals surface area contributed by atoms with Gasteiger partial charge in [0.25, 0.3) is 0 Å². The zero-order chi connectivity index (χ0) is 12.5. The molecule has 0 heterocycles. The van der Waals surface area contributed by atoms with Gasteiger partial charge < -0.3 is 15.9 Å². The number of nitrogens with two attached hydrogens (primary N) is 1. The summed E-state index contributed by atoms with van der Waals surface area (Å²) in [6, 6.07) is 1.33. The molecule has 1 atom stereocenters. The van der Waals surface area contributed by atoms with Crippen LogP contribution in [0.1, 0.15) is 25.5 Å². The molecule has 90 valence electrons. The lowest BCUT2D eigenvalue weighted by Crippen LogP contribution is -2.32. The average molecular weight is 231 g/mol. The molecule has 1 aromatic carbocycles. The number of aliphatic hydroxyl groups is 1. The van der Waals surface area contributed by atoms with Crippen LogP contribution < -0.4 is 5.73 Å². The van der Waals surface area contributed by atoms with E-state index in [0.717, 1.165) is 6.07 Å². The van der Waals surface area contributed by atoms with Crippen LogP contribution >= 0.6 is 0 Å². The van der Waals surface area contributed by atoms with E-state index in [1.54, 1.807) is 13.8 Å². The van der Waals surface area contributed by atoms with Crippen LogP contribution in [-0.4, -0.2) is 16.8 Å². The van der Waals surface area contributed by atoms with E-state index in [1.165, 1.54) is 6.07 Å². The first kappa shape index (κ1) is 12.9. The quantitative estimate of drug-likeness (QED) is 0.741. The molecule has 0 spiro atoms. The highest BCUT2D eigenvalue weighted by atomic mass is 19.2. The standard InChI is InChI=1S/C11H15F2NO2/c1-11(2,5-15)10(14)6-3-4-7(12)8(13)9(6)16/h3-4,10,15-16H,5,14H2,1-2H3/t10-/m1/s1. The predicted molar refractivity (Wildman–Crippen MR) is 55.8 cm³/mol. The Kier molecular flexibility index (Phi) is 3.50. The fourth-order valence-corrected chi connectivity index (χ4v) is 1.33. The van der Waals surface area contributed by atoms with Crippen molar-refractivity contribution in [1.82, 2.24) is 0 Å². The van der Waals surface area contributed by atoms with Crippen LogP contribution in [0.15, 0.2) is 12.1 Å². The maximum atomic E-state index is 13.1. The third kappa shape index (κ3) is 2.15. The number of rotatable bonds is 3. The van der Waals surface area contributed by atoms with Crippen LogP contribution in [0, 0.1) is 17.0 Å². The van der Waals surface area contributed by atoms with Gasteiger partial charge in [-0.2, -0.15) is 4.39 Å². The van der Waals surface area contributed by atoms with Gasteiger partial charge in [0.15, 0.2) is 11.6 Å². The molecule has 5 heteroatoms. The van der Waals surface area contributed by atoms with Crippen molar-refractivity contribution in [1.29, 1.82) is 0 Å². The van der Waals surface area contributed by atoms with Crippen molar-refractivity contribution in [2.45, 2.75) is 19.9 Å². The summed E-state index contributed by atoms with van der Waals surface area (Å²) in [5.74, 6) is -3.24. The Labute approximate surface area is 92.5 Å². The number of benzene rings is 1. The summed E-state index contributed by atoms with van der Waals surface area (Å²) in [5, 5.41) is 18.5. The van der Waals surface area contributed by atoms with Gasteiger partial charge >= 0.3 is 0 Å². The summed E-state index contributed by atoms with van der Waals surface area (Å²) in [6.45, 7) is 3.10. The molecule has 1 aromatic rings. The van der Waals surface area contributed by atoms with Gasteiger partial charge in [-0.1, -0.05) is 19.9 Å². The van der Waals surface area contributed by atoms with Gasteiger partial charge in [-0.25, -0.2) is 4.39 Å². The lowest BCUT2D eigenvalue weighted by molar-refractivity contribution is 0.131. The minimum absolute atomic E-state index is 0.0814. The van der Waals surface area contributed by atoms with Crippen molar-refractivity contribution in [2.24, 2.45) is 11.1 Å². The van der Waals surface area contributed by atoms with Crippen molar-refractivity contribution in [3.05, 3.63) is 29.3 Å². The maximum Gasteiger partial charge on any atom is 0.200 e. The summed E-state index contributed by atoms with van der Waals surface area (Å²) >= 11 is 0. The third-order valence-electron chi connectivity index (χ3n) is 2.68. The summed E-state index contributed by atoms with van der Waals surface area (Å²) in [6.07, 6.45) is 0. The molecule has 0 saturated heterocycles. The predicted octanol–water partition coefficient (Wildman–Crippen LogP) is 1.69. The number of aromatic hydroxyl groups is 1. The molecule has 3 nitrogen and oxygen atoms in total. The van der Waals surface area contributed by atoms with E-state index in [4.69, 9.17) is 10.8 Å². The van der Waals surface area contributed by atoms with Crippen LogP contribution in [-0.2, 0) is 0 Å². The fraction of sp³-hybridized carbons (Fsp3) is 0.455. The van der Waals surface area contributed by atoms with Gasteiger partial charge in [0.1, 0.15) is 0 Å². The first-order chi connectivity index (χ1) is 7.31. The van der Waals surface area contributed by atoms with Crippen LogP contribution in [0.3, 0.4) is 0 Å². The highest BCUT2D eigenvalue weighted by molar-refractivity contribution is 5.37. The normalized spacial score (nSPS) is 13.9. The van der Waals surface area contributed by atoms with Gasteiger partial charge in [0.05, 0.1) is 0 Å². The molecule has 0 aromatic heterocycles. The summed E-state index contributed by atoms with van der Waals surface area (Å²) in [7, 11) is 0. The van der Waals surface area contributed by atoms with Crippen molar-refractivity contribution >= 4 is 0 Å². The molecule has 16 heavy (non-hydrogen) atoms. The van der Waals surface area contributed by atoms with Gasteiger partial charge in [-0.3, -0.25) is 0 Å². The smallest absolute Gasteiger partial charge is 0.200 e. The average Bonchev–Trinajstić information content (AvgIpc) is 2.25. The number of hydrogen-bond donors (Lipinski definition) is 3. The second kappa shape index (κ2) is 4.35. The lowest BCUT2D eigenvalue weighted by Gasteiger charge is -2.30. The summed E-state index contributed by atoms with van der Waals surface area (Å²) < 4.78 is 25.9. The van der Waals surface area contributed by atoms with Gasteiger partial charge in [-0.15, -0.1) is 0 Å². The van der Waals surface area contributed by atoms with E-state index in [2.05, 4.69) is 0 Å². The van der Waals surface area contributed by atoms with Gasteiger partial charge in [0, 0.05) is 23.6 Å². The van der Waals surface area contributed by atoms with Crippen LogP contribution in [0.4, 0.5) is 8.78 Å². The molecule has 0 bridgehead atoms. The van der Waals surface area contributed by atoms with Crippen LogP contribution in [0.25, 0.3) is 0 Å². The molecule has 0 amide bonds. The maximum absolute atomic E-state index is 13.1. The molecule has 1 rings (SSSR count). The Hall–Kier alpha value is -1.20. The van der Waals surface area contributed by atoms with E-state index in [-0.39, 0.29) is 12.2 Å². The number of hydrogen-bond acceptors (Lipinski definition) is 3. The zero-order valence-electron chi connectivity index (χ0n) is 9.17. The fourth-order valence-electron chi connectivity index (χ4n) is 1.33. The van der Waals surface area contributed by atoms with E-state index in [1.807, 2.05) is 0 Å². The largest absolute Gasteiger partial charge is 0.505 e. The molecule has 0 fully saturated rings. The summed E-state index contributed by atoms with van der Waals surface area (Å²) in [5.41, 5.74) is 5.14. The Bertz CT molecular complexity index is 394. The third-order valence-corrected chi connectivity index (χ3v) is 2.68. The Morgan fingerprint density at radius 3 is 2.44 bits per heavy atom. The summed E-state index contributed by atoms with van der Waals surface area (Å²) in [4.78, 5) is 0. The minimum atomic E-state index is -1.32. The lowest BCUT2D eigenvalue weighted by atomic mass is 9.81. The monoisotopic (exact) mass is 231 g/mol. The number of phenolic OH excluding ortho intramolecular Hbond substituents is 1. The van der Waals surface area contributed by atoms with Crippen molar-refractivity contribution in [3.8, 4) is 5.75 Å². The van der Waals surface area contributed by atoms with E-state index in [0.29, 0.717) is 0 Å². The number of phenols is 1. The highest BCUT2D eigenvalue weighted by Crippen LogP contribution is 2.36.